The summed E-state index contributed by atoms with van der Waals surface area (Å²) in [6.07, 6.45) is 0.862. The third-order valence-corrected chi connectivity index (χ3v) is 8.95. The van der Waals surface area contributed by atoms with Crippen LogP contribution in [-0.2, 0) is 15.3 Å². The smallest absolute Gasteiger partial charge is 0.301 e. The lowest BCUT2D eigenvalue weighted by Crippen LogP contribution is -2.29. The Bertz CT molecular complexity index is 1640. The number of carbonyl (C=O) groups is 2. The molecule has 222 valence electrons. The van der Waals surface area contributed by atoms with Gasteiger partial charge in [0.25, 0.3) is 5.78 Å². The summed E-state index contributed by atoms with van der Waals surface area (Å²) < 4.78 is 25.4. The van der Waals surface area contributed by atoms with Crippen LogP contribution in [0.5, 0.6) is 11.5 Å². The second-order valence-electron chi connectivity index (χ2n) is 10.2. The number of thioether (sulfide) groups is 1. The Hall–Kier alpha value is -4.22. The lowest BCUT2D eigenvalue weighted by molar-refractivity contribution is -0.132. The van der Waals surface area contributed by atoms with Crippen molar-refractivity contribution >= 4 is 45.7 Å². The van der Waals surface area contributed by atoms with Gasteiger partial charge in [0, 0.05) is 11.3 Å². The molecule has 0 saturated carbocycles. The van der Waals surface area contributed by atoms with Crippen LogP contribution in [-0.4, -0.2) is 40.7 Å². The van der Waals surface area contributed by atoms with Crippen LogP contribution in [0.3, 0.4) is 0 Å². The van der Waals surface area contributed by atoms with Crippen LogP contribution in [0.2, 0.25) is 0 Å². The molecule has 1 aliphatic heterocycles. The molecule has 8 nitrogen and oxygen atoms in total. The van der Waals surface area contributed by atoms with Gasteiger partial charge < -0.3 is 14.6 Å². The average molecular weight is 620 g/mol. The summed E-state index contributed by atoms with van der Waals surface area (Å²) in [4.78, 5) is 28.3. The number of halogens is 1. The lowest BCUT2D eigenvalue weighted by Gasteiger charge is -2.23. The number of Topliss-reactive ketones (excluding diaryl/α,β-unsaturated/α-hetero) is 1. The number of aromatic nitrogens is 2. The van der Waals surface area contributed by atoms with Gasteiger partial charge in [-0.25, -0.2) is 4.39 Å². The van der Waals surface area contributed by atoms with Gasteiger partial charge in [-0.1, -0.05) is 85.5 Å². The number of ketones is 1. The maximum Gasteiger partial charge on any atom is 0.301 e. The Morgan fingerprint density at radius 2 is 1.79 bits per heavy atom. The van der Waals surface area contributed by atoms with Crippen molar-refractivity contribution in [2.45, 2.75) is 36.4 Å². The van der Waals surface area contributed by atoms with Crippen molar-refractivity contribution in [2.24, 2.45) is 5.92 Å². The number of anilines is 1. The number of amides is 1. The molecule has 3 aromatic carbocycles. The minimum absolute atomic E-state index is 0.0672. The van der Waals surface area contributed by atoms with Crippen molar-refractivity contribution in [1.29, 1.82) is 0 Å². The minimum Gasteiger partial charge on any atom is -0.507 e. The summed E-state index contributed by atoms with van der Waals surface area (Å²) in [6.45, 7) is 4.72. The van der Waals surface area contributed by atoms with Crippen LogP contribution in [0.15, 0.2) is 82.7 Å². The number of hydrogen-bond donors (Lipinski definition) is 1. The van der Waals surface area contributed by atoms with Gasteiger partial charge in [0.15, 0.2) is 15.8 Å². The van der Waals surface area contributed by atoms with Gasteiger partial charge in [-0.05, 0) is 47.7 Å². The molecule has 0 bridgehead atoms. The van der Waals surface area contributed by atoms with Crippen LogP contribution >= 0.6 is 23.1 Å². The van der Waals surface area contributed by atoms with Crippen molar-refractivity contribution in [2.75, 3.05) is 18.6 Å². The number of aliphatic hydroxyl groups is 1. The summed E-state index contributed by atoms with van der Waals surface area (Å²) >= 11 is 2.53. The number of aliphatic hydroxyl groups excluding tert-OH is 1. The van der Waals surface area contributed by atoms with Gasteiger partial charge in [-0.3, -0.25) is 14.5 Å². The summed E-state index contributed by atoms with van der Waals surface area (Å²) in [5.74, 6) is -0.332. The maximum absolute atomic E-state index is 13.6. The van der Waals surface area contributed by atoms with E-state index in [2.05, 4.69) is 24.0 Å². The molecule has 0 aliphatic carbocycles. The van der Waals surface area contributed by atoms with Crippen molar-refractivity contribution in [1.82, 2.24) is 10.2 Å². The zero-order chi connectivity index (χ0) is 30.5. The third-order valence-electron chi connectivity index (χ3n) is 6.83. The first-order chi connectivity index (χ1) is 20.8. The topological polar surface area (TPSA) is 102 Å². The van der Waals surface area contributed by atoms with E-state index >= 15 is 0 Å². The number of benzene rings is 3. The van der Waals surface area contributed by atoms with Gasteiger partial charge >= 0.3 is 5.91 Å². The molecule has 0 radical (unpaired) electrons. The molecule has 1 unspecified atom stereocenters. The first-order valence-corrected chi connectivity index (χ1v) is 15.4. The summed E-state index contributed by atoms with van der Waals surface area (Å²) in [6, 6.07) is 19.0. The number of rotatable bonds is 11. The average Bonchev–Trinajstić information content (AvgIpc) is 3.58. The fourth-order valence-electron chi connectivity index (χ4n) is 4.56. The molecule has 2 heterocycles. The molecule has 1 N–H and O–H groups in total. The quantitative estimate of drug-likeness (QED) is 0.0628. The fourth-order valence-corrected chi connectivity index (χ4v) is 6.38. The normalized spacial score (nSPS) is 16.2. The molecule has 1 amide bonds. The maximum atomic E-state index is 13.6. The number of methoxy groups -OCH3 is 1. The Morgan fingerprint density at radius 3 is 2.49 bits per heavy atom. The van der Waals surface area contributed by atoms with Crippen molar-refractivity contribution in [3.05, 3.63) is 101 Å². The van der Waals surface area contributed by atoms with Crippen molar-refractivity contribution in [3.8, 4) is 11.5 Å². The first kappa shape index (κ1) is 30.2. The fraction of sp³-hybridized carbons (Fsp3) is 0.250. The molecule has 1 aromatic heterocycles. The molecule has 1 aliphatic rings. The van der Waals surface area contributed by atoms with Gasteiger partial charge in [0.05, 0.1) is 25.3 Å². The minimum atomic E-state index is -0.998. The molecule has 4 aromatic rings. The van der Waals surface area contributed by atoms with Crippen LogP contribution in [0, 0.1) is 11.7 Å². The number of carbonyl (C=O) groups excluding carboxylic acids is 2. The second-order valence-corrected chi connectivity index (χ2v) is 12.4. The molecule has 1 saturated heterocycles. The molecule has 1 fully saturated rings. The second kappa shape index (κ2) is 13.4. The number of hydrogen-bond acceptors (Lipinski definition) is 9. The van der Waals surface area contributed by atoms with Crippen LogP contribution in [0.4, 0.5) is 9.52 Å². The predicted octanol–water partition coefficient (Wildman–Crippen LogP) is 7.03. The highest BCUT2D eigenvalue weighted by molar-refractivity contribution is 8.00. The Balaban J connectivity index is 1.53. The third kappa shape index (κ3) is 6.73. The van der Waals surface area contributed by atoms with E-state index in [1.165, 1.54) is 35.9 Å². The Labute approximate surface area is 257 Å². The van der Waals surface area contributed by atoms with E-state index in [1.807, 2.05) is 0 Å². The molecular weight excluding hydrogens is 590 g/mol. The van der Waals surface area contributed by atoms with E-state index in [1.54, 1.807) is 60.7 Å². The lowest BCUT2D eigenvalue weighted by atomic mass is 9.95. The summed E-state index contributed by atoms with van der Waals surface area (Å²) in [5.41, 5.74) is 1.76. The van der Waals surface area contributed by atoms with E-state index in [0.29, 0.717) is 45.2 Å². The van der Waals surface area contributed by atoms with E-state index < -0.39 is 17.7 Å². The zero-order valence-corrected chi connectivity index (χ0v) is 25.5. The molecule has 1 atom stereocenters. The van der Waals surface area contributed by atoms with Gasteiger partial charge in [0.1, 0.15) is 11.6 Å². The van der Waals surface area contributed by atoms with Gasteiger partial charge in [-0.15, -0.1) is 10.2 Å². The van der Waals surface area contributed by atoms with Crippen molar-refractivity contribution in [3.63, 3.8) is 0 Å². The van der Waals surface area contributed by atoms with E-state index in [9.17, 15) is 19.1 Å². The monoisotopic (exact) mass is 619 g/mol. The van der Waals surface area contributed by atoms with Gasteiger partial charge in [-0.2, -0.15) is 0 Å². The van der Waals surface area contributed by atoms with E-state index in [-0.39, 0.29) is 22.3 Å². The molecule has 0 spiro atoms. The molecule has 11 heteroatoms. The summed E-state index contributed by atoms with van der Waals surface area (Å²) in [7, 11) is 1.52. The van der Waals surface area contributed by atoms with E-state index in [4.69, 9.17) is 9.47 Å². The highest BCUT2D eigenvalue weighted by Gasteiger charge is 2.48. The predicted molar refractivity (Wildman–Crippen MR) is 165 cm³/mol. The highest BCUT2D eigenvalue weighted by atomic mass is 32.2. The highest BCUT2D eigenvalue weighted by Crippen LogP contribution is 2.45. The molecular formula is C32H30FN3O5S2. The SMILES string of the molecule is COc1cc(C2/C(=C(/O)c3ccccc3)C(=O)C(=O)N2c2nnc(SCc3ccc(F)cc3)s2)ccc1OCCC(C)C. The van der Waals surface area contributed by atoms with Gasteiger partial charge in [0.2, 0.25) is 5.13 Å². The Kier molecular flexibility index (Phi) is 9.42. The van der Waals surface area contributed by atoms with E-state index in [0.717, 1.165) is 23.3 Å². The van der Waals surface area contributed by atoms with Crippen LogP contribution in [0.1, 0.15) is 43.0 Å². The Morgan fingerprint density at radius 1 is 1.05 bits per heavy atom. The van der Waals surface area contributed by atoms with Crippen molar-refractivity contribution < 1.29 is 28.6 Å². The largest absolute Gasteiger partial charge is 0.507 e. The van der Waals surface area contributed by atoms with Crippen LogP contribution < -0.4 is 14.4 Å². The summed E-state index contributed by atoms with van der Waals surface area (Å²) in [5, 5.41) is 20.0. The van der Waals surface area contributed by atoms with Crippen LogP contribution in [0.25, 0.3) is 5.76 Å². The number of ether oxygens (including phenoxy) is 2. The first-order valence-electron chi connectivity index (χ1n) is 13.6. The molecule has 5 rings (SSSR count). The zero-order valence-electron chi connectivity index (χ0n) is 23.8. The number of nitrogens with zero attached hydrogens (tertiary/aromatic N) is 3. The molecule has 43 heavy (non-hydrogen) atoms. The standard InChI is InChI=1S/C32H30FN3O5S2/c1-19(2)15-16-41-24-14-11-22(17-25(24)40-3)27-26(28(37)21-7-5-4-6-8-21)29(38)30(39)36(27)31-34-35-32(43-31)42-18-20-9-12-23(33)13-10-20/h4-14,17,19,27,37H,15-16,18H2,1-3H3/b28-26-.